The normalized spacial score (nSPS) is 13.2. The van der Waals surface area contributed by atoms with Crippen LogP contribution in [-0.2, 0) is 9.53 Å². The molecular formula is C20H30N2O3. The zero-order valence-electron chi connectivity index (χ0n) is 16.0. The summed E-state index contributed by atoms with van der Waals surface area (Å²) in [5, 5.41) is 12.2. The van der Waals surface area contributed by atoms with Gasteiger partial charge in [-0.3, -0.25) is 4.79 Å². The van der Waals surface area contributed by atoms with Gasteiger partial charge in [0.25, 0.3) is 5.91 Å². The average Bonchev–Trinajstić information content (AvgIpc) is 2.58. The summed E-state index contributed by atoms with van der Waals surface area (Å²) >= 11 is 0. The third-order valence-corrected chi connectivity index (χ3v) is 3.88. The predicted octanol–water partition coefficient (Wildman–Crippen LogP) is 4.52. The Morgan fingerprint density at radius 1 is 1.36 bits per heavy atom. The number of carbonyl (C=O) groups is 1. The Morgan fingerprint density at radius 3 is 2.64 bits per heavy atom. The van der Waals surface area contributed by atoms with Crippen molar-refractivity contribution in [1.82, 2.24) is 0 Å². The molecule has 0 aliphatic carbocycles. The van der Waals surface area contributed by atoms with Gasteiger partial charge in [-0.15, -0.1) is 0 Å². The molecule has 0 aliphatic rings. The number of hydrogen-bond donors (Lipinski definition) is 1. The van der Waals surface area contributed by atoms with E-state index in [9.17, 15) is 10.1 Å². The molecule has 0 aromatic heterocycles. The molecule has 1 N–H and O–H groups in total. The van der Waals surface area contributed by atoms with E-state index in [1.807, 2.05) is 27.7 Å². The minimum absolute atomic E-state index is 0.192. The minimum Gasteiger partial charge on any atom is -0.492 e. The smallest absolute Gasteiger partial charge is 0.256 e. The number of unbranched alkanes of at least 4 members (excludes halogenated alkanes) is 1. The quantitative estimate of drug-likeness (QED) is 0.676. The van der Waals surface area contributed by atoms with Crippen LogP contribution in [0.4, 0.5) is 5.69 Å². The van der Waals surface area contributed by atoms with Crippen LogP contribution in [0.15, 0.2) is 18.2 Å². The third kappa shape index (κ3) is 6.39. The molecule has 1 rings (SSSR count). The van der Waals surface area contributed by atoms with Crippen LogP contribution in [0, 0.1) is 17.2 Å². The van der Waals surface area contributed by atoms with Gasteiger partial charge in [-0.25, -0.2) is 0 Å². The van der Waals surface area contributed by atoms with Gasteiger partial charge in [0.05, 0.1) is 12.2 Å². The lowest BCUT2D eigenvalue weighted by atomic mass is 9.97. The van der Waals surface area contributed by atoms with E-state index in [-0.39, 0.29) is 5.91 Å². The van der Waals surface area contributed by atoms with Crippen LogP contribution < -0.4 is 10.1 Å². The Balaban J connectivity index is 2.90. The first-order chi connectivity index (χ1) is 11.9. The molecule has 25 heavy (non-hydrogen) atoms. The summed E-state index contributed by atoms with van der Waals surface area (Å²) in [5.74, 6) is 0.715. The lowest BCUT2D eigenvalue weighted by Crippen LogP contribution is -2.42. The third-order valence-electron chi connectivity index (χ3n) is 3.88. The van der Waals surface area contributed by atoms with Crippen LogP contribution >= 0.6 is 0 Å². The van der Waals surface area contributed by atoms with Gasteiger partial charge in [0, 0.05) is 12.3 Å². The Kier molecular flexibility index (Phi) is 8.44. The fourth-order valence-corrected chi connectivity index (χ4v) is 2.42. The summed E-state index contributed by atoms with van der Waals surface area (Å²) in [6, 6.07) is 7.24. The van der Waals surface area contributed by atoms with E-state index < -0.39 is 5.60 Å². The van der Waals surface area contributed by atoms with E-state index >= 15 is 0 Å². The Morgan fingerprint density at radius 2 is 2.08 bits per heavy atom. The number of hydrogen-bond acceptors (Lipinski definition) is 4. The topological polar surface area (TPSA) is 71.3 Å². The van der Waals surface area contributed by atoms with E-state index in [1.165, 1.54) is 0 Å². The Labute approximate surface area is 151 Å². The second-order valence-corrected chi connectivity index (χ2v) is 6.75. The molecule has 0 saturated carbocycles. The number of nitrogens with one attached hydrogen (secondary N) is 1. The number of ether oxygens (including phenoxy) is 2. The van der Waals surface area contributed by atoms with Crippen LogP contribution in [0.5, 0.6) is 5.75 Å². The summed E-state index contributed by atoms with van der Waals surface area (Å²) in [5.41, 5.74) is 0.107. The first-order valence-corrected chi connectivity index (χ1v) is 8.98. The molecule has 0 saturated heterocycles. The summed E-state index contributed by atoms with van der Waals surface area (Å²) in [6.45, 7) is 10.9. The van der Waals surface area contributed by atoms with E-state index in [0.29, 0.717) is 42.6 Å². The van der Waals surface area contributed by atoms with Crippen molar-refractivity contribution >= 4 is 11.6 Å². The highest BCUT2D eigenvalue weighted by molar-refractivity contribution is 5.97. The van der Waals surface area contributed by atoms with Crippen LogP contribution in [-0.4, -0.2) is 24.7 Å². The van der Waals surface area contributed by atoms with E-state index in [0.717, 1.165) is 12.8 Å². The number of rotatable bonds is 10. The predicted molar refractivity (Wildman–Crippen MR) is 99.7 cm³/mol. The standard InChI is InChI=1S/C20H30N2O3/c1-6-8-11-20(5,25-7-2)19(23)22-17-9-10-18(16(12-17)13-21)24-14-15(3)4/h9-10,12,15H,6-8,11,14H2,1-5H3,(H,22,23)/t20-/m0/s1. The van der Waals surface area contributed by atoms with Crippen molar-refractivity contribution in [2.75, 3.05) is 18.5 Å². The maximum absolute atomic E-state index is 12.7. The molecule has 0 aliphatic heterocycles. The van der Waals surface area contributed by atoms with Gasteiger partial charge in [0.15, 0.2) is 0 Å². The van der Waals surface area contributed by atoms with Gasteiger partial charge >= 0.3 is 0 Å². The first kappa shape index (κ1) is 21.0. The molecule has 1 aromatic rings. The fraction of sp³-hybridized carbons (Fsp3) is 0.600. The van der Waals surface area contributed by atoms with Crippen molar-refractivity contribution in [2.24, 2.45) is 5.92 Å². The molecule has 0 unspecified atom stereocenters. The fourth-order valence-electron chi connectivity index (χ4n) is 2.42. The van der Waals surface area contributed by atoms with Crippen molar-refractivity contribution in [3.8, 4) is 11.8 Å². The molecule has 0 heterocycles. The highest BCUT2D eigenvalue weighted by Gasteiger charge is 2.33. The number of nitriles is 1. The van der Waals surface area contributed by atoms with Crippen LogP contribution in [0.25, 0.3) is 0 Å². The van der Waals surface area contributed by atoms with E-state index in [1.54, 1.807) is 18.2 Å². The number of amides is 1. The van der Waals surface area contributed by atoms with Crippen LogP contribution in [0.3, 0.4) is 0 Å². The van der Waals surface area contributed by atoms with Gasteiger partial charge in [-0.05, 0) is 44.4 Å². The van der Waals surface area contributed by atoms with Gasteiger partial charge in [-0.1, -0.05) is 33.6 Å². The number of benzene rings is 1. The molecule has 138 valence electrons. The minimum atomic E-state index is -0.871. The van der Waals surface area contributed by atoms with Gasteiger partial charge in [0.2, 0.25) is 0 Å². The molecule has 1 amide bonds. The maximum Gasteiger partial charge on any atom is 0.256 e. The monoisotopic (exact) mass is 346 g/mol. The summed E-state index contributed by atoms with van der Waals surface area (Å²) in [4.78, 5) is 12.7. The lowest BCUT2D eigenvalue weighted by molar-refractivity contribution is -0.139. The number of carbonyl (C=O) groups excluding carboxylic acids is 1. The Bertz CT molecular complexity index is 607. The molecular weight excluding hydrogens is 316 g/mol. The van der Waals surface area contributed by atoms with Crippen molar-refractivity contribution in [3.05, 3.63) is 23.8 Å². The molecule has 0 bridgehead atoms. The number of nitrogens with zero attached hydrogens (tertiary/aromatic N) is 1. The van der Waals surface area contributed by atoms with Crippen LogP contribution in [0.2, 0.25) is 0 Å². The second kappa shape index (κ2) is 10.0. The maximum atomic E-state index is 12.7. The first-order valence-electron chi connectivity index (χ1n) is 8.98. The second-order valence-electron chi connectivity index (χ2n) is 6.75. The highest BCUT2D eigenvalue weighted by Crippen LogP contribution is 2.25. The SMILES string of the molecule is CCCC[C@](C)(OCC)C(=O)Nc1ccc(OCC(C)C)c(C#N)c1. The van der Waals surface area contributed by atoms with Gasteiger partial charge in [0.1, 0.15) is 17.4 Å². The summed E-state index contributed by atoms with van der Waals surface area (Å²) in [6.07, 6.45) is 2.57. The summed E-state index contributed by atoms with van der Waals surface area (Å²) < 4.78 is 11.4. The van der Waals surface area contributed by atoms with Crippen molar-refractivity contribution in [3.63, 3.8) is 0 Å². The zero-order chi connectivity index (χ0) is 18.9. The molecule has 5 heteroatoms. The molecule has 1 atom stereocenters. The number of anilines is 1. The van der Waals surface area contributed by atoms with Gasteiger partial charge in [-0.2, -0.15) is 5.26 Å². The van der Waals surface area contributed by atoms with Crippen molar-refractivity contribution in [1.29, 1.82) is 5.26 Å². The molecule has 0 spiro atoms. The zero-order valence-corrected chi connectivity index (χ0v) is 16.0. The molecule has 0 fully saturated rings. The van der Waals surface area contributed by atoms with Crippen molar-refractivity contribution < 1.29 is 14.3 Å². The highest BCUT2D eigenvalue weighted by atomic mass is 16.5. The largest absolute Gasteiger partial charge is 0.492 e. The lowest BCUT2D eigenvalue weighted by Gasteiger charge is -2.28. The van der Waals surface area contributed by atoms with Crippen LogP contribution in [0.1, 0.15) is 59.4 Å². The summed E-state index contributed by atoms with van der Waals surface area (Å²) in [7, 11) is 0. The molecule has 5 nitrogen and oxygen atoms in total. The molecule has 0 radical (unpaired) electrons. The van der Waals surface area contributed by atoms with E-state index in [2.05, 4.69) is 18.3 Å². The van der Waals surface area contributed by atoms with Gasteiger partial charge < -0.3 is 14.8 Å². The van der Waals surface area contributed by atoms with E-state index in [4.69, 9.17) is 9.47 Å². The van der Waals surface area contributed by atoms with Crippen molar-refractivity contribution in [2.45, 2.75) is 59.5 Å². The Hall–Kier alpha value is -2.06. The average molecular weight is 346 g/mol. The molecule has 1 aromatic carbocycles.